The zero-order valence-corrected chi connectivity index (χ0v) is 16.8. The quantitative estimate of drug-likeness (QED) is 0.662. The summed E-state index contributed by atoms with van der Waals surface area (Å²) in [5.41, 5.74) is 2.64. The number of hydrogen-bond acceptors (Lipinski definition) is 7. The average molecular weight is 398 g/mol. The maximum Gasteiger partial charge on any atom is 0.261 e. The first-order valence-corrected chi connectivity index (χ1v) is 10.3. The van der Waals surface area contributed by atoms with Crippen LogP contribution in [0.4, 0.5) is 5.00 Å². The van der Waals surface area contributed by atoms with Crippen LogP contribution in [0.5, 0.6) is 0 Å². The number of likely N-dealkylation sites (N-methyl/N-ethyl adjacent to an activating group) is 1. The van der Waals surface area contributed by atoms with E-state index in [4.69, 9.17) is 4.52 Å². The third kappa shape index (κ3) is 3.83. The number of rotatable bonds is 6. The van der Waals surface area contributed by atoms with Gasteiger partial charge in [-0.1, -0.05) is 5.16 Å². The third-order valence-corrected chi connectivity index (χ3v) is 6.19. The zero-order valence-electron chi connectivity index (χ0n) is 16.0. The van der Waals surface area contributed by atoms with Crippen LogP contribution in [-0.4, -0.2) is 34.1 Å². The summed E-state index contributed by atoms with van der Waals surface area (Å²) in [6.07, 6.45) is 8.18. The number of carbonyl (C=O) groups excluding carboxylic acids is 1. The summed E-state index contributed by atoms with van der Waals surface area (Å²) in [4.78, 5) is 22.6. The van der Waals surface area contributed by atoms with Crippen molar-refractivity contribution in [3.8, 4) is 11.5 Å². The van der Waals surface area contributed by atoms with E-state index < -0.39 is 0 Å². The second kappa shape index (κ2) is 8.20. The summed E-state index contributed by atoms with van der Waals surface area (Å²) in [5.74, 6) is 0.966. The predicted octanol–water partition coefficient (Wildman–Crippen LogP) is 3.47. The number of nitrogens with zero attached hydrogens (tertiary/aromatic N) is 3. The highest BCUT2D eigenvalue weighted by atomic mass is 32.1. The van der Waals surface area contributed by atoms with Crippen LogP contribution in [0.25, 0.3) is 11.5 Å². The van der Waals surface area contributed by atoms with E-state index in [1.54, 1.807) is 35.9 Å². The Morgan fingerprint density at radius 2 is 2.21 bits per heavy atom. The topological polar surface area (TPSA) is 92.9 Å². The van der Waals surface area contributed by atoms with E-state index >= 15 is 0 Å². The van der Waals surface area contributed by atoms with Gasteiger partial charge in [0, 0.05) is 29.7 Å². The van der Waals surface area contributed by atoms with Crippen molar-refractivity contribution in [2.75, 3.05) is 12.4 Å². The summed E-state index contributed by atoms with van der Waals surface area (Å²) in [5, 5.41) is 11.1. The lowest BCUT2D eigenvalue weighted by atomic mass is 9.95. The molecule has 0 saturated carbocycles. The van der Waals surface area contributed by atoms with Crippen molar-refractivity contribution in [1.82, 2.24) is 20.4 Å². The highest BCUT2D eigenvalue weighted by molar-refractivity contribution is 7.17. The van der Waals surface area contributed by atoms with Gasteiger partial charge in [-0.2, -0.15) is 4.98 Å². The molecule has 0 aromatic carbocycles. The fourth-order valence-corrected chi connectivity index (χ4v) is 4.64. The number of aryl methyl sites for hydroxylation is 1. The molecular formula is C20H23N5O2S. The molecule has 8 heteroatoms. The van der Waals surface area contributed by atoms with Gasteiger partial charge in [0.25, 0.3) is 11.8 Å². The molecular weight excluding hydrogens is 374 g/mol. The molecule has 1 amide bonds. The second-order valence-electron chi connectivity index (χ2n) is 7.02. The lowest BCUT2D eigenvalue weighted by Gasteiger charge is -2.11. The van der Waals surface area contributed by atoms with E-state index in [9.17, 15) is 4.79 Å². The molecule has 0 radical (unpaired) electrons. The first-order chi connectivity index (χ1) is 13.7. The molecule has 0 fully saturated rings. The minimum Gasteiger partial charge on any atom is -0.334 e. The Morgan fingerprint density at radius 3 is 3.00 bits per heavy atom. The van der Waals surface area contributed by atoms with E-state index in [0.717, 1.165) is 36.2 Å². The van der Waals surface area contributed by atoms with Gasteiger partial charge in [-0.25, -0.2) is 0 Å². The summed E-state index contributed by atoms with van der Waals surface area (Å²) >= 11 is 1.61. The van der Waals surface area contributed by atoms with Crippen LogP contribution in [0.1, 0.15) is 46.4 Å². The number of amides is 1. The van der Waals surface area contributed by atoms with Gasteiger partial charge in [0.2, 0.25) is 0 Å². The van der Waals surface area contributed by atoms with Crippen molar-refractivity contribution in [2.24, 2.45) is 0 Å². The molecule has 1 atom stereocenters. The SMILES string of the molecule is CNC(C)Cc1noc(-c2c(NC(=O)c3cccnc3)sc3c2CCCC3)n1. The van der Waals surface area contributed by atoms with Crippen LogP contribution in [0.3, 0.4) is 0 Å². The van der Waals surface area contributed by atoms with Gasteiger partial charge in [-0.15, -0.1) is 11.3 Å². The maximum absolute atomic E-state index is 12.7. The van der Waals surface area contributed by atoms with Crippen LogP contribution >= 0.6 is 11.3 Å². The molecule has 3 aromatic rings. The number of nitrogens with one attached hydrogen (secondary N) is 2. The smallest absolute Gasteiger partial charge is 0.261 e. The van der Waals surface area contributed by atoms with Crippen LogP contribution in [-0.2, 0) is 19.3 Å². The normalized spacial score (nSPS) is 14.5. The lowest BCUT2D eigenvalue weighted by molar-refractivity contribution is 0.102. The summed E-state index contributed by atoms with van der Waals surface area (Å²) in [7, 11) is 1.91. The first-order valence-electron chi connectivity index (χ1n) is 9.52. The van der Waals surface area contributed by atoms with Crippen LogP contribution in [0.2, 0.25) is 0 Å². The zero-order chi connectivity index (χ0) is 19.5. The molecule has 4 rings (SSSR count). The van der Waals surface area contributed by atoms with Gasteiger partial charge in [-0.05, 0) is 57.4 Å². The molecule has 1 aliphatic carbocycles. The minimum absolute atomic E-state index is 0.184. The van der Waals surface area contributed by atoms with Gasteiger partial charge in [0.1, 0.15) is 5.00 Å². The molecule has 0 bridgehead atoms. The molecule has 1 unspecified atom stereocenters. The van der Waals surface area contributed by atoms with Gasteiger partial charge >= 0.3 is 0 Å². The number of carbonyl (C=O) groups is 1. The second-order valence-corrected chi connectivity index (χ2v) is 8.13. The summed E-state index contributed by atoms with van der Waals surface area (Å²) in [6, 6.07) is 3.76. The van der Waals surface area contributed by atoms with E-state index in [0.29, 0.717) is 23.7 Å². The van der Waals surface area contributed by atoms with Crippen molar-refractivity contribution in [3.63, 3.8) is 0 Å². The van der Waals surface area contributed by atoms with Crippen molar-refractivity contribution in [2.45, 2.75) is 45.1 Å². The number of hydrogen-bond donors (Lipinski definition) is 2. The minimum atomic E-state index is -0.184. The molecule has 146 valence electrons. The van der Waals surface area contributed by atoms with Gasteiger partial charge in [0.15, 0.2) is 5.82 Å². The highest BCUT2D eigenvalue weighted by Gasteiger charge is 2.27. The van der Waals surface area contributed by atoms with Gasteiger partial charge < -0.3 is 15.2 Å². The number of anilines is 1. The number of thiophene rings is 1. The number of fused-ring (bicyclic) bond motifs is 1. The molecule has 7 nitrogen and oxygen atoms in total. The summed E-state index contributed by atoms with van der Waals surface area (Å²) < 4.78 is 5.60. The van der Waals surface area contributed by atoms with E-state index in [2.05, 4.69) is 32.7 Å². The Hall–Kier alpha value is -2.58. The standard InChI is InChI=1S/C20H23N5O2S/c1-12(21-2)10-16-23-19(27-25-16)17-14-7-3-4-8-15(14)28-20(17)24-18(26)13-6-5-9-22-11-13/h5-6,9,11-12,21H,3-4,7-8,10H2,1-2H3,(H,24,26). The number of pyridine rings is 1. The van der Waals surface area contributed by atoms with Crippen molar-refractivity contribution in [1.29, 1.82) is 0 Å². The monoisotopic (exact) mass is 397 g/mol. The molecule has 3 heterocycles. The highest BCUT2D eigenvalue weighted by Crippen LogP contribution is 2.43. The average Bonchev–Trinajstić information content (AvgIpc) is 3.32. The van der Waals surface area contributed by atoms with E-state index in [-0.39, 0.29) is 11.9 Å². The summed E-state index contributed by atoms with van der Waals surface area (Å²) in [6.45, 7) is 2.07. The Balaban J connectivity index is 1.68. The molecule has 2 N–H and O–H groups in total. The Morgan fingerprint density at radius 1 is 1.36 bits per heavy atom. The third-order valence-electron chi connectivity index (χ3n) is 4.99. The first kappa shape index (κ1) is 18.8. The van der Waals surface area contributed by atoms with Crippen molar-refractivity contribution < 1.29 is 9.32 Å². The van der Waals surface area contributed by atoms with Gasteiger partial charge in [0.05, 0.1) is 11.1 Å². The Bertz CT molecular complexity index is 966. The Labute approximate surface area is 167 Å². The van der Waals surface area contributed by atoms with Crippen molar-refractivity contribution >= 4 is 22.2 Å². The predicted molar refractivity (Wildman–Crippen MR) is 109 cm³/mol. The number of aromatic nitrogens is 3. The molecule has 0 spiro atoms. The van der Waals surface area contributed by atoms with Crippen LogP contribution in [0.15, 0.2) is 29.0 Å². The largest absolute Gasteiger partial charge is 0.334 e. The Kier molecular flexibility index (Phi) is 5.50. The van der Waals surface area contributed by atoms with Crippen LogP contribution < -0.4 is 10.6 Å². The van der Waals surface area contributed by atoms with E-state index in [1.165, 1.54) is 10.4 Å². The van der Waals surface area contributed by atoms with Crippen LogP contribution in [0, 0.1) is 0 Å². The van der Waals surface area contributed by atoms with Crippen molar-refractivity contribution in [3.05, 3.63) is 46.4 Å². The fourth-order valence-electron chi connectivity index (χ4n) is 3.37. The lowest BCUT2D eigenvalue weighted by Crippen LogP contribution is -2.24. The van der Waals surface area contributed by atoms with Gasteiger partial charge in [-0.3, -0.25) is 9.78 Å². The maximum atomic E-state index is 12.7. The fraction of sp³-hybridized carbons (Fsp3) is 0.400. The van der Waals surface area contributed by atoms with E-state index in [1.807, 2.05) is 7.05 Å². The molecule has 3 aromatic heterocycles. The molecule has 0 saturated heterocycles. The molecule has 28 heavy (non-hydrogen) atoms. The molecule has 1 aliphatic rings. The molecule has 0 aliphatic heterocycles.